The number of aryl methyl sites for hydroxylation is 1. The molecule has 0 fully saturated rings. The molecule has 0 saturated carbocycles. The minimum Gasteiger partial charge on any atom is -0.507 e. The molecule has 1 aromatic heterocycles. The maximum Gasteiger partial charge on any atom is 0.257 e. The van der Waals surface area contributed by atoms with E-state index in [-0.39, 0.29) is 22.7 Å². The van der Waals surface area contributed by atoms with Gasteiger partial charge >= 0.3 is 0 Å². The van der Waals surface area contributed by atoms with E-state index in [4.69, 9.17) is 21.4 Å². The van der Waals surface area contributed by atoms with Gasteiger partial charge in [-0.05, 0) is 78.8 Å². The number of anilines is 1. The number of phenols is 1. The summed E-state index contributed by atoms with van der Waals surface area (Å²) >= 11 is 5.35. The number of aromatic nitrogens is 1. The number of nitrogens with one attached hydrogen (secondary N) is 2. The summed E-state index contributed by atoms with van der Waals surface area (Å²) in [5, 5.41) is 16.4. The van der Waals surface area contributed by atoms with Crippen LogP contribution in [0.4, 0.5) is 5.69 Å². The monoisotopic (exact) mass is 509 g/mol. The van der Waals surface area contributed by atoms with E-state index < -0.39 is 0 Å². The predicted molar refractivity (Wildman–Crippen MR) is 147 cm³/mol. The van der Waals surface area contributed by atoms with E-state index in [9.17, 15) is 9.90 Å². The van der Waals surface area contributed by atoms with Gasteiger partial charge in [0, 0.05) is 11.3 Å². The summed E-state index contributed by atoms with van der Waals surface area (Å²) in [7, 11) is 0. The molecule has 5 rings (SSSR count). The third-order valence-electron chi connectivity index (χ3n) is 5.67. The molecule has 0 bridgehead atoms. The molecule has 1 amide bonds. The average Bonchev–Trinajstić information content (AvgIpc) is 3.34. The van der Waals surface area contributed by atoms with Crippen LogP contribution in [0.3, 0.4) is 0 Å². The van der Waals surface area contributed by atoms with Crippen molar-refractivity contribution in [2.75, 3.05) is 5.32 Å². The van der Waals surface area contributed by atoms with Gasteiger partial charge in [-0.15, -0.1) is 0 Å². The largest absolute Gasteiger partial charge is 0.507 e. The Labute approximate surface area is 218 Å². The summed E-state index contributed by atoms with van der Waals surface area (Å²) in [6.07, 6.45) is 0. The Morgan fingerprint density at radius 1 is 1.00 bits per heavy atom. The Morgan fingerprint density at radius 2 is 1.73 bits per heavy atom. The van der Waals surface area contributed by atoms with Crippen molar-refractivity contribution in [1.29, 1.82) is 0 Å². The normalized spacial score (nSPS) is 10.7. The van der Waals surface area contributed by atoms with Crippen molar-refractivity contribution in [3.63, 3.8) is 0 Å². The topological polar surface area (TPSA) is 96.6 Å². The minimum atomic E-state index is -0.359. The zero-order valence-corrected chi connectivity index (χ0v) is 20.7. The number of oxazole rings is 1. The minimum absolute atomic E-state index is 0.0571. The van der Waals surface area contributed by atoms with Crippen molar-refractivity contribution in [3.8, 4) is 23.0 Å². The first-order valence-corrected chi connectivity index (χ1v) is 12.0. The second-order valence-corrected chi connectivity index (χ2v) is 8.79. The summed E-state index contributed by atoms with van der Waals surface area (Å²) in [6, 6.07) is 27.4. The lowest BCUT2D eigenvalue weighted by atomic mass is 10.1. The second-order valence-electron chi connectivity index (χ2n) is 8.38. The number of carbonyl (C=O) groups is 1. The van der Waals surface area contributed by atoms with Crippen molar-refractivity contribution >= 4 is 40.0 Å². The van der Waals surface area contributed by atoms with E-state index in [0.717, 1.165) is 5.56 Å². The maximum atomic E-state index is 12.7. The van der Waals surface area contributed by atoms with Gasteiger partial charge in [-0.3, -0.25) is 10.1 Å². The molecule has 0 atom stereocenters. The number of hydrogen-bond donors (Lipinski definition) is 3. The molecule has 0 unspecified atom stereocenters. The third-order valence-corrected chi connectivity index (χ3v) is 5.88. The highest BCUT2D eigenvalue weighted by Gasteiger charge is 2.16. The van der Waals surface area contributed by atoms with Gasteiger partial charge in [0.2, 0.25) is 5.89 Å². The summed E-state index contributed by atoms with van der Waals surface area (Å²) in [5.41, 5.74) is 4.39. The van der Waals surface area contributed by atoms with E-state index in [1.165, 1.54) is 0 Å². The first-order valence-electron chi connectivity index (χ1n) is 11.5. The fourth-order valence-electron chi connectivity index (χ4n) is 3.78. The first-order chi connectivity index (χ1) is 18.0. The quantitative estimate of drug-likeness (QED) is 0.185. The molecule has 1 heterocycles. The molecule has 0 aliphatic carbocycles. The van der Waals surface area contributed by atoms with Crippen LogP contribution in [0, 0.1) is 6.92 Å². The number of carbonyl (C=O) groups excluding carboxylic acids is 1. The first kappa shape index (κ1) is 24.0. The van der Waals surface area contributed by atoms with Crippen molar-refractivity contribution < 1.29 is 19.1 Å². The van der Waals surface area contributed by atoms with Gasteiger partial charge in [0.05, 0.1) is 5.56 Å². The van der Waals surface area contributed by atoms with Gasteiger partial charge in [-0.1, -0.05) is 42.5 Å². The second kappa shape index (κ2) is 10.5. The molecule has 0 saturated heterocycles. The molecular weight excluding hydrogens is 486 g/mol. The van der Waals surface area contributed by atoms with E-state index in [1.807, 2.05) is 54.6 Å². The molecule has 8 heteroatoms. The fourth-order valence-corrected chi connectivity index (χ4v) is 3.99. The number of phenolic OH excluding ortho intramolecular Hbond substituents is 1. The van der Waals surface area contributed by atoms with E-state index in [2.05, 4.69) is 15.6 Å². The Bertz CT molecular complexity index is 1550. The Morgan fingerprint density at radius 3 is 2.49 bits per heavy atom. The molecule has 37 heavy (non-hydrogen) atoms. The van der Waals surface area contributed by atoms with Crippen molar-refractivity contribution in [2.45, 2.75) is 13.5 Å². The number of benzene rings is 4. The predicted octanol–water partition coefficient (Wildman–Crippen LogP) is 6.21. The van der Waals surface area contributed by atoms with E-state index in [0.29, 0.717) is 45.8 Å². The van der Waals surface area contributed by atoms with E-state index in [1.54, 1.807) is 43.3 Å². The highest BCUT2D eigenvalue weighted by atomic mass is 32.1. The molecule has 5 aromatic rings. The summed E-state index contributed by atoms with van der Waals surface area (Å²) in [6.45, 7) is 2.20. The average molecular weight is 510 g/mol. The highest BCUT2D eigenvalue weighted by molar-refractivity contribution is 7.80. The zero-order valence-electron chi connectivity index (χ0n) is 19.9. The molecule has 3 N–H and O–H groups in total. The standard InChI is InChI=1S/C29H23N3O4S/c1-18-15-21(16-23(26(18)33)28-31-24-9-5-6-10-25(24)36-28)30-29(37)32-27(34)20-11-13-22(14-12-20)35-17-19-7-3-2-4-8-19/h2-16,33H,17H2,1H3,(H2,30,32,34,37). The van der Waals surface area contributed by atoms with Gasteiger partial charge in [0.15, 0.2) is 10.7 Å². The molecule has 184 valence electrons. The van der Waals surface area contributed by atoms with Crippen LogP contribution in [0.15, 0.2) is 95.4 Å². The number of aromatic hydroxyl groups is 1. The van der Waals surface area contributed by atoms with Crippen LogP contribution in [0.5, 0.6) is 11.5 Å². The van der Waals surface area contributed by atoms with Crippen molar-refractivity contribution in [3.05, 3.63) is 108 Å². The lowest BCUT2D eigenvalue weighted by Gasteiger charge is -2.13. The van der Waals surface area contributed by atoms with Crippen molar-refractivity contribution in [2.24, 2.45) is 0 Å². The number of para-hydroxylation sites is 2. The van der Waals surface area contributed by atoms with Crippen molar-refractivity contribution in [1.82, 2.24) is 10.3 Å². The molecule has 4 aromatic carbocycles. The number of hydrogen-bond acceptors (Lipinski definition) is 6. The summed E-state index contributed by atoms with van der Waals surface area (Å²) in [5.74, 6) is 0.644. The fraction of sp³-hybridized carbons (Fsp3) is 0.0690. The van der Waals surface area contributed by atoms with Crippen LogP contribution in [0.2, 0.25) is 0 Å². The van der Waals surface area contributed by atoms with Crippen LogP contribution in [0.1, 0.15) is 21.5 Å². The summed E-state index contributed by atoms with van der Waals surface area (Å²) in [4.78, 5) is 17.2. The number of amides is 1. The van der Waals surface area contributed by atoms with Crippen LogP contribution in [-0.4, -0.2) is 21.1 Å². The molecular formula is C29H23N3O4S. The molecule has 7 nitrogen and oxygen atoms in total. The Hall–Kier alpha value is -4.69. The summed E-state index contributed by atoms with van der Waals surface area (Å²) < 4.78 is 11.6. The van der Waals surface area contributed by atoms with Gasteiger partial charge < -0.3 is 19.6 Å². The van der Waals surface area contributed by atoms with Gasteiger partial charge in [0.25, 0.3) is 5.91 Å². The van der Waals surface area contributed by atoms with Gasteiger partial charge in [-0.2, -0.15) is 0 Å². The molecule has 0 aliphatic heterocycles. The zero-order chi connectivity index (χ0) is 25.8. The van der Waals surface area contributed by atoms with Crippen LogP contribution >= 0.6 is 12.2 Å². The smallest absolute Gasteiger partial charge is 0.257 e. The lowest BCUT2D eigenvalue weighted by Crippen LogP contribution is -2.34. The number of nitrogens with zero attached hydrogens (tertiary/aromatic N) is 1. The van der Waals surface area contributed by atoms with Gasteiger partial charge in [-0.25, -0.2) is 4.98 Å². The number of rotatable bonds is 6. The van der Waals surface area contributed by atoms with Crippen LogP contribution in [-0.2, 0) is 6.61 Å². The van der Waals surface area contributed by atoms with E-state index >= 15 is 0 Å². The number of ether oxygens (including phenoxy) is 1. The molecule has 0 spiro atoms. The van der Waals surface area contributed by atoms with Gasteiger partial charge in [0.1, 0.15) is 23.6 Å². The van der Waals surface area contributed by atoms with Crippen LogP contribution < -0.4 is 15.4 Å². The third kappa shape index (κ3) is 5.60. The number of thiocarbonyl (C=S) groups is 1. The Kier molecular flexibility index (Phi) is 6.83. The molecule has 0 aliphatic rings. The maximum absolute atomic E-state index is 12.7. The Balaban J connectivity index is 1.24. The SMILES string of the molecule is Cc1cc(NC(=S)NC(=O)c2ccc(OCc3ccccc3)cc2)cc(-c2nc3ccccc3o2)c1O. The highest BCUT2D eigenvalue weighted by Crippen LogP contribution is 2.36. The molecule has 0 radical (unpaired) electrons. The lowest BCUT2D eigenvalue weighted by molar-refractivity contribution is 0.0977. The number of fused-ring (bicyclic) bond motifs is 1. The van der Waals surface area contributed by atoms with Crippen LogP contribution in [0.25, 0.3) is 22.6 Å².